The summed E-state index contributed by atoms with van der Waals surface area (Å²) in [6.07, 6.45) is 0. The number of anilines is 2. The third-order valence-corrected chi connectivity index (χ3v) is 4.73. The highest BCUT2D eigenvalue weighted by Gasteiger charge is 2.17. The lowest BCUT2D eigenvalue weighted by molar-refractivity contribution is -0.117. The van der Waals surface area contributed by atoms with Crippen LogP contribution >= 0.6 is 0 Å². The number of carbonyl (C=O) groups excluding carboxylic acids is 1. The van der Waals surface area contributed by atoms with Crippen LogP contribution in [-0.2, 0) is 4.79 Å². The van der Waals surface area contributed by atoms with E-state index in [4.69, 9.17) is 0 Å². The predicted octanol–water partition coefficient (Wildman–Crippen LogP) is 2.50. The third kappa shape index (κ3) is 5.21. The van der Waals surface area contributed by atoms with Gasteiger partial charge in [0.1, 0.15) is 0 Å². The smallest absolute Gasteiger partial charge is 0.238 e. The molecule has 1 fully saturated rings. The van der Waals surface area contributed by atoms with E-state index >= 15 is 0 Å². The Morgan fingerprint density at radius 2 is 1.67 bits per heavy atom. The summed E-state index contributed by atoms with van der Waals surface area (Å²) >= 11 is 0. The molecule has 134 valence electrons. The second kappa shape index (κ2) is 9.04. The summed E-state index contributed by atoms with van der Waals surface area (Å²) in [5, 5.41) is 3.02. The maximum Gasteiger partial charge on any atom is 0.238 e. The monoisotopic (exact) mass is 332 g/mol. The summed E-state index contributed by atoms with van der Waals surface area (Å²) in [4.78, 5) is 19.2. The summed E-state index contributed by atoms with van der Waals surface area (Å²) in [6.45, 7) is 15.3. The zero-order valence-electron chi connectivity index (χ0n) is 15.6. The van der Waals surface area contributed by atoms with Gasteiger partial charge in [-0.25, -0.2) is 0 Å². The Balaban J connectivity index is 1.84. The minimum Gasteiger partial charge on any atom is -0.369 e. The summed E-state index contributed by atoms with van der Waals surface area (Å²) < 4.78 is 0. The molecular formula is C19H32N4O. The largest absolute Gasteiger partial charge is 0.369 e. The van der Waals surface area contributed by atoms with Crippen molar-refractivity contribution >= 4 is 17.3 Å². The molecular weight excluding hydrogens is 300 g/mol. The van der Waals surface area contributed by atoms with E-state index in [-0.39, 0.29) is 5.91 Å². The number of piperazine rings is 1. The Hall–Kier alpha value is -1.59. The van der Waals surface area contributed by atoms with Crippen LogP contribution in [0.5, 0.6) is 0 Å². The van der Waals surface area contributed by atoms with Crippen molar-refractivity contribution < 1.29 is 4.79 Å². The number of hydrogen-bond acceptors (Lipinski definition) is 4. The number of carbonyl (C=O) groups is 1. The molecule has 0 saturated carbocycles. The van der Waals surface area contributed by atoms with Gasteiger partial charge in [-0.1, -0.05) is 6.92 Å². The van der Waals surface area contributed by atoms with Crippen LogP contribution < -0.4 is 10.2 Å². The number of hydrogen-bond donors (Lipinski definition) is 1. The van der Waals surface area contributed by atoms with E-state index in [1.165, 1.54) is 5.69 Å². The van der Waals surface area contributed by atoms with Gasteiger partial charge in [0.05, 0.1) is 6.54 Å². The lowest BCUT2D eigenvalue weighted by Gasteiger charge is -2.33. The van der Waals surface area contributed by atoms with E-state index in [1.54, 1.807) is 0 Å². The van der Waals surface area contributed by atoms with Gasteiger partial charge in [0, 0.05) is 50.1 Å². The Morgan fingerprint density at radius 1 is 1.08 bits per heavy atom. The van der Waals surface area contributed by atoms with Gasteiger partial charge in [-0.15, -0.1) is 0 Å². The summed E-state index contributed by atoms with van der Waals surface area (Å²) in [6, 6.07) is 8.62. The second-order valence-electron chi connectivity index (χ2n) is 6.69. The zero-order chi connectivity index (χ0) is 17.5. The molecule has 0 aromatic heterocycles. The normalized spacial score (nSPS) is 16.4. The molecule has 1 aliphatic heterocycles. The average molecular weight is 332 g/mol. The fraction of sp³-hybridized carbons (Fsp3) is 0.632. The molecule has 0 aliphatic carbocycles. The first-order chi connectivity index (χ1) is 11.5. The van der Waals surface area contributed by atoms with Crippen LogP contribution in [0.25, 0.3) is 0 Å². The summed E-state index contributed by atoms with van der Waals surface area (Å²) in [7, 11) is 0. The molecule has 0 spiro atoms. The van der Waals surface area contributed by atoms with Gasteiger partial charge in [-0.2, -0.15) is 0 Å². The molecule has 0 atom stereocenters. The highest BCUT2D eigenvalue weighted by molar-refractivity contribution is 5.92. The molecule has 1 amide bonds. The van der Waals surface area contributed by atoms with Gasteiger partial charge in [0.15, 0.2) is 0 Å². The lowest BCUT2D eigenvalue weighted by atomic mass is 10.2. The first kappa shape index (κ1) is 18.7. The zero-order valence-corrected chi connectivity index (χ0v) is 15.6. The number of likely N-dealkylation sites (N-methyl/N-ethyl adjacent to an activating group) is 1. The third-order valence-electron chi connectivity index (χ3n) is 4.73. The van der Waals surface area contributed by atoms with Crippen molar-refractivity contribution in [3.8, 4) is 0 Å². The van der Waals surface area contributed by atoms with E-state index < -0.39 is 0 Å². The molecule has 1 aromatic rings. The molecule has 1 saturated heterocycles. The van der Waals surface area contributed by atoms with Crippen molar-refractivity contribution in [3.05, 3.63) is 24.3 Å². The van der Waals surface area contributed by atoms with Crippen LogP contribution in [0.15, 0.2) is 24.3 Å². The van der Waals surface area contributed by atoms with Crippen molar-refractivity contribution in [2.24, 2.45) is 0 Å². The molecule has 1 aliphatic rings. The van der Waals surface area contributed by atoms with E-state index in [1.807, 2.05) is 12.1 Å². The fourth-order valence-electron chi connectivity index (χ4n) is 3.25. The summed E-state index contributed by atoms with van der Waals surface area (Å²) in [5.41, 5.74) is 2.07. The van der Waals surface area contributed by atoms with Gasteiger partial charge in [0.2, 0.25) is 5.91 Å². The lowest BCUT2D eigenvalue weighted by Crippen LogP contribution is -2.48. The number of rotatable bonds is 7. The van der Waals surface area contributed by atoms with Gasteiger partial charge in [-0.05, 0) is 51.6 Å². The first-order valence-corrected chi connectivity index (χ1v) is 9.14. The van der Waals surface area contributed by atoms with Crippen LogP contribution in [0, 0.1) is 0 Å². The standard InChI is InChI=1S/C19H32N4O/c1-5-21-11-13-22(14-12-21)15-19(24)20-17-7-9-18(10-8-17)23(6-2)16(3)4/h7-10,16H,5-6,11-15H2,1-4H3,(H,20,24). The van der Waals surface area contributed by atoms with Crippen molar-refractivity contribution in [1.82, 2.24) is 9.80 Å². The minimum atomic E-state index is 0.0731. The van der Waals surface area contributed by atoms with Crippen LogP contribution in [0.1, 0.15) is 27.7 Å². The van der Waals surface area contributed by atoms with E-state index in [2.05, 4.69) is 59.8 Å². The highest BCUT2D eigenvalue weighted by Crippen LogP contribution is 2.19. The van der Waals surface area contributed by atoms with Crippen LogP contribution in [0.4, 0.5) is 11.4 Å². The van der Waals surface area contributed by atoms with E-state index in [0.29, 0.717) is 12.6 Å². The Kier molecular flexibility index (Phi) is 7.06. The van der Waals surface area contributed by atoms with Gasteiger partial charge >= 0.3 is 0 Å². The first-order valence-electron chi connectivity index (χ1n) is 9.14. The molecule has 5 heteroatoms. The number of benzene rings is 1. The molecule has 0 unspecified atom stereocenters. The SMILES string of the molecule is CCN1CCN(CC(=O)Nc2ccc(N(CC)C(C)C)cc2)CC1. The van der Waals surface area contributed by atoms with Crippen molar-refractivity contribution in [1.29, 1.82) is 0 Å². The second-order valence-corrected chi connectivity index (χ2v) is 6.69. The number of nitrogens with zero attached hydrogens (tertiary/aromatic N) is 3. The Bertz CT molecular complexity index is 507. The molecule has 24 heavy (non-hydrogen) atoms. The quantitative estimate of drug-likeness (QED) is 0.833. The van der Waals surface area contributed by atoms with E-state index in [0.717, 1.165) is 45.0 Å². The van der Waals surface area contributed by atoms with Crippen LogP contribution in [-0.4, -0.2) is 67.6 Å². The van der Waals surface area contributed by atoms with Gasteiger partial charge in [-0.3, -0.25) is 9.69 Å². The maximum absolute atomic E-state index is 12.2. The molecule has 1 aromatic carbocycles. The molecule has 0 radical (unpaired) electrons. The number of amides is 1. The molecule has 2 rings (SSSR count). The Morgan fingerprint density at radius 3 is 2.17 bits per heavy atom. The topological polar surface area (TPSA) is 38.8 Å². The Labute approximate surface area is 146 Å². The molecule has 1 heterocycles. The van der Waals surface area contributed by atoms with Gasteiger partial charge < -0.3 is 15.1 Å². The van der Waals surface area contributed by atoms with E-state index in [9.17, 15) is 4.79 Å². The van der Waals surface area contributed by atoms with Crippen LogP contribution in [0.2, 0.25) is 0 Å². The highest BCUT2D eigenvalue weighted by atomic mass is 16.2. The molecule has 1 N–H and O–H groups in total. The number of nitrogens with one attached hydrogen (secondary N) is 1. The predicted molar refractivity (Wildman–Crippen MR) is 102 cm³/mol. The maximum atomic E-state index is 12.2. The average Bonchev–Trinajstić information content (AvgIpc) is 2.57. The molecule has 5 nitrogen and oxygen atoms in total. The molecule has 0 bridgehead atoms. The minimum absolute atomic E-state index is 0.0731. The van der Waals surface area contributed by atoms with Crippen molar-refractivity contribution in [2.45, 2.75) is 33.7 Å². The van der Waals surface area contributed by atoms with Gasteiger partial charge in [0.25, 0.3) is 0 Å². The van der Waals surface area contributed by atoms with Crippen molar-refractivity contribution in [2.75, 3.05) is 56.0 Å². The van der Waals surface area contributed by atoms with Crippen molar-refractivity contribution in [3.63, 3.8) is 0 Å². The fourth-order valence-corrected chi connectivity index (χ4v) is 3.25. The van der Waals surface area contributed by atoms with Crippen LogP contribution in [0.3, 0.4) is 0 Å². The summed E-state index contributed by atoms with van der Waals surface area (Å²) in [5.74, 6) is 0.0731.